The van der Waals surface area contributed by atoms with Gasteiger partial charge in [0.15, 0.2) is 0 Å². The van der Waals surface area contributed by atoms with Gasteiger partial charge in [0.2, 0.25) is 0 Å². The van der Waals surface area contributed by atoms with E-state index < -0.39 is 6.36 Å². The molecule has 0 aliphatic heterocycles. The van der Waals surface area contributed by atoms with Crippen LogP contribution in [0.3, 0.4) is 0 Å². The molecular weight excluding hydrogens is 301 g/mol. The first-order chi connectivity index (χ1) is 10.7. The van der Waals surface area contributed by atoms with Gasteiger partial charge in [-0.25, -0.2) is 0 Å². The molecule has 1 nitrogen and oxygen atoms in total. The molecular formula is C19H25F3O. The van der Waals surface area contributed by atoms with Crippen LogP contribution in [0.25, 0.3) is 5.57 Å². The normalized spacial score (nSPS) is 13.6. The van der Waals surface area contributed by atoms with Crippen molar-refractivity contribution in [2.24, 2.45) is 5.92 Å². The first-order valence-corrected chi connectivity index (χ1v) is 7.93. The van der Waals surface area contributed by atoms with Crippen LogP contribution in [0.1, 0.15) is 52.5 Å². The number of alkyl halides is 3. The molecule has 0 radical (unpaired) electrons. The molecule has 0 amide bonds. The molecule has 0 N–H and O–H groups in total. The van der Waals surface area contributed by atoms with Crippen LogP contribution in [-0.2, 0) is 0 Å². The summed E-state index contributed by atoms with van der Waals surface area (Å²) in [6.45, 7) is 8.53. The van der Waals surface area contributed by atoms with Crippen LogP contribution < -0.4 is 4.74 Å². The van der Waals surface area contributed by atoms with Gasteiger partial charge >= 0.3 is 6.36 Å². The van der Waals surface area contributed by atoms with Crippen molar-refractivity contribution in [3.05, 3.63) is 47.6 Å². The van der Waals surface area contributed by atoms with Crippen molar-refractivity contribution in [1.82, 2.24) is 0 Å². The van der Waals surface area contributed by atoms with Crippen molar-refractivity contribution in [3.63, 3.8) is 0 Å². The molecule has 0 atom stereocenters. The first-order valence-electron chi connectivity index (χ1n) is 7.93. The van der Waals surface area contributed by atoms with Crippen LogP contribution in [0.4, 0.5) is 13.2 Å². The highest BCUT2D eigenvalue weighted by Gasteiger charge is 2.30. The van der Waals surface area contributed by atoms with E-state index in [4.69, 9.17) is 0 Å². The zero-order valence-corrected chi connectivity index (χ0v) is 14.2. The Labute approximate surface area is 136 Å². The second kappa shape index (κ2) is 8.80. The van der Waals surface area contributed by atoms with E-state index in [0.717, 1.165) is 30.4 Å². The molecule has 128 valence electrons. The molecule has 0 aliphatic rings. The molecule has 0 aromatic heterocycles. The predicted octanol–water partition coefficient (Wildman–Crippen LogP) is 6.76. The van der Waals surface area contributed by atoms with E-state index in [2.05, 4.69) is 37.7 Å². The fraction of sp³-hybridized carbons (Fsp3) is 0.474. The molecule has 0 spiro atoms. The lowest BCUT2D eigenvalue weighted by Gasteiger charge is -2.10. The fourth-order valence-electron chi connectivity index (χ4n) is 2.13. The smallest absolute Gasteiger partial charge is 0.406 e. The second-order valence-electron chi connectivity index (χ2n) is 6.06. The van der Waals surface area contributed by atoms with E-state index in [9.17, 15) is 13.2 Å². The van der Waals surface area contributed by atoms with E-state index >= 15 is 0 Å². The van der Waals surface area contributed by atoms with Crippen molar-refractivity contribution in [1.29, 1.82) is 0 Å². The summed E-state index contributed by atoms with van der Waals surface area (Å²) in [5, 5.41) is 0. The first kappa shape index (κ1) is 19.3. The molecule has 0 bridgehead atoms. The summed E-state index contributed by atoms with van der Waals surface area (Å²) in [5.41, 5.74) is 3.31. The van der Waals surface area contributed by atoms with Crippen LogP contribution in [0.5, 0.6) is 5.75 Å². The lowest BCUT2D eigenvalue weighted by atomic mass is 10.0. The Morgan fingerprint density at radius 2 is 1.74 bits per heavy atom. The standard InChI is InChI=1S/C19H25F3O/c1-5-16(9-8-15(4)7-6-14(2)3)17-10-12-18(13-11-17)23-19(20,21)22/h8-14H,5-7H2,1-4H3/b15-8+,16-9+. The average molecular weight is 326 g/mol. The number of hydrogen-bond donors (Lipinski definition) is 0. The Morgan fingerprint density at radius 1 is 1.13 bits per heavy atom. The van der Waals surface area contributed by atoms with Gasteiger partial charge < -0.3 is 4.74 Å². The Hall–Kier alpha value is -1.71. The molecule has 0 heterocycles. The fourth-order valence-corrected chi connectivity index (χ4v) is 2.13. The van der Waals surface area contributed by atoms with Crippen LogP contribution in [0, 0.1) is 5.92 Å². The molecule has 4 heteroatoms. The summed E-state index contributed by atoms with van der Waals surface area (Å²) in [5.74, 6) is 0.481. The van der Waals surface area contributed by atoms with E-state index in [1.807, 2.05) is 6.92 Å². The van der Waals surface area contributed by atoms with Gasteiger partial charge in [-0.3, -0.25) is 0 Å². The number of halogens is 3. The summed E-state index contributed by atoms with van der Waals surface area (Å²) in [6, 6.07) is 6.02. The minimum atomic E-state index is -4.65. The molecule has 0 saturated carbocycles. The number of rotatable bonds is 7. The molecule has 1 aromatic carbocycles. The van der Waals surface area contributed by atoms with Crippen LogP contribution in [0.2, 0.25) is 0 Å². The summed E-state index contributed by atoms with van der Waals surface area (Å²) < 4.78 is 40.4. The van der Waals surface area contributed by atoms with Gasteiger partial charge in [0.25, 0.3) is 0 Å². The predicted molar refractivity (Wildman–Crippen MR) is 89.2 cm³/mol. The minimum Gasteiger partial charge on any atom is -0.406 e. The van der Waals surface area contributed by atoms with Crippen LogP contribution >= 0.6 is 0 Å². The Morgan fingerprint density at radius 3 is 2.22 bits per heavy atom. The highest BCUT2D eigenvalue weighted by Crippen LogP contribution is 2.26. The number of hydrogen-bond acceptors (Lipinski definition) is 1. The highest BCUT2D eigenvalue weighted by atomic mass is 19.4. The summed E-state index contributed by atoms with van der Waals surface area (Å²) in [7, 11) is 0. The van der Waals surface area contributed by atoms with Gasteiger partial charge in [-0.05, 0) is 55.4 Å². The minimum absolute atomic E-state index is 0.194. The lowest BCUT2D eigenvalue weighted by molar-refractivity contribution is -0.274. The van der Waals surface area contributed by atoms with Crippen LogP contribution in [-0.4, -0.2) is 6.36 Å². The molecule has 0 unspecified atom stereocenters. The number of ether oxygens (including phenoxy) is 1. The topological polar surface area (TPSA) is 9.23 Å². The maximum absolute atomic E-state index is 12.2. The molecule has 0 saturated heterocycles. The molecule has 1 rings (SSSR count). The van der Waals surface area contributed by atoms with Crippen molar-refractivity contribution in [3.8, 4) is 5.75 Å². The van der Waals surface area contributed by atoms with Crippen molar-refractivity contribution >= 4 is 5.57 Å². The lowest BCUT2D eigenvalue weighted by Crippen LogP contribution is -2.16. The third-order valence-electron chi connectivity index (χ3n) is 3.52. The monoisotopic (exact) mass is 326 g/mol. The van der Waals surface area contributed by atoms with Gasteiger partial charge in [0, 0.05) is 0 Å². The maximum Gasteiger partial charge on any atom is 0.573 e. The Balaban J connectivity index is 2.81. The van der Waals surface area contributed by atoms with E-state index in [0.29, 0.717) is 5.92 Å². The quantitative estimate of drug-likeness (QED) is 0.503. The highest BCUT2D eigenvalue weighted by molar-refractivity contribution is 5.67. The van der Waals surface area contributed by atoms with E-state index in [-0.39, 0.29) is 5.75 Å². The van der Waals surface area contributed by atoms with Crippen LogP contribution in [0.15, 0.2) is 42.0 Å². The summed E-state index contributed by atoms with van der Waals surface area (Å²) in [6.07, 6.45) is 2.52. The zero-order chi connectivity index (χ0) is 17.5. The maximum atomic E-state index is 12.2. The van der Waals surface area contributed by atoms with Gasteiger partial charge in [-0.2, -0.15) is 0 Å². The summed E-state index contributed by atoms with van der Waals surface area (Å²) in [4.78, 5) is 0. The third-order valence-corrected chi connectivity index (χ3v) is 3.52. The zero-order valence-electron chi connectivity index (χ0n) is 14.2. The van der Waals surface area contributed by atoms with Gasteiger partial charge in [0.1, 0.15) is 5.75 Å². The van der Waals surface area contributed by atoms with Crippen molar-refractivity contribution in [2.75, 3.05) is 0 Å². The van der Waals surface area contributed by atoms with Gasteiger partial charge in [0.05, 0.1) is 0 Å². The van der Waals surface area contributed by atoms with E-state index in [1.165, 1.54) is 17.7 Å². The largest absolute Gasteiger partial charge is 0.573 e. The van der Waals surface area contributed by atoms with E-state index in [1.54, 1.807) is 12.1 Å². The molecule has 1 aromatic rings. The van der Waals surface area contributed by atoms with Crippen molar-refractivity contribution < 1.29 is 17.9 Å². The Kier molecular flexibility index (Phi) is 7.40. The SMILES string of the molecule is CC/C(=C\C=C(/C)CCC(C)C)c1ccc(OC(F)(F)F)cc1. The average Bonchev–Trinajstić information content (AvgIpc) is 2.45. The van der Waals surface area contributed by atoms with Gasteiger partial charge in [-0.15, -0.1) is 13.2 Å². The number of allylic oxidation sites excluding steroid dienone is 4. The van der Waals surface area contributed by atoms with Gasteiger partial charge in [-0.1, -0.05) is 50.6 Å². The molecule has 0 fully saturated rings. The third kappa shape index (κ3) is 7.91. The second-order valence-corrected chi connectivity index (χ2v) is 6.06. The molecule has 23 heavy (non-hydrogen) atoms. The number of benzene rings is 1. The molecule has 0 aliphatic carbocycles. The van der Waals surface area contributed by atoms with Crippen molar-refractivity contribution in [2.45, 2.75) is 53.3 Å². The Bertz CT molecular complexity index is 537. The summed E-state index contributed by atoms with van der Waals surface area (Å²) >= 11 is 0.